The van der Waals surface area contributed by atoms with Crippen LogP contribution in [0, 0.1) is 5.82 Å². The smallest absolute Gasteiger partial charge is 0.246 e. The molecular formula is C14H13BrFNO2. The van der Waals surface area contributed by atoms with Crippen molar-refractivity contribution >= 4 is 33.7 Å². The Morgan fingerprint density at radius 3 is 2.68 bits per heavy atom. The second-order valence-electron chi connectivity index (χ2n) is 4.36. The molecule has 19 heavy (non-hydrogen) atoms. The van der Waals surface area contributed by atoms with Gasteiger partial charge in [0.1, 0.15) is 11.6 Å². The highest BCUT2D eigenvalue weighted by Crippen LogP contribution is 2.17. The number of piperidine rings is 1. The van der Waals surface area contributed by atoms with Gasteiger partial charge in [-0.05, 0) is 24.3 Å². The van der Waals surface area contributed by atoms with Crippen molar-refractivity contribution in [1.29, 1.82) is 0 Å². The minimum Gasteiger partial charge on any atom is -0.338 e. The SMILES string of the molecule is O=C1CCN(C(=O)C=Cc2cc(Br)ccc2F)CC1. The number of benzene rings is 1. The van der Waals surface area contributed by atoms with Crippen molar-refractivity contribution in [1.82, 2.24) is 4.90 Å². The molecule has 0 radical (unpaired) electrons. The topological polar surface area (TPSA) is 37.4 Å². The highest BCUT2D eigenvalue weighted by Gasteiger charge is 2.18. The quantitative estimate of drug-likeness (QED) is 0.784. The van der Waals surface area contributed by atoms with E-state index in [4.69, 9.17) is 0 Å². The molecule has 0 atom stereocenters. The zero-order chi connectivity index (χ0) is 13.8. The Balaban J connectivity index is 2.03. The number of likely N-dealkylation sites (tertiary alicyclic amines) is 1. The molecule has 0 saturated carbocycles. The van der Waals surface area contributed by atoms with Gasteiger partial charge in [0, 0.05) is 42.0 Å². The Labute approximate surface area is 119 Å². The van der Waals surface area contributed by atoms with Crippen molar-refractivity contribution in [3.8, 4) is 0 Å². The van der Waals surface area contributed by atoms with Crippen LogP contribution in [0.15, 0.2) is 28.7 Å². The second kappa shape index (κ2) is 6.10. The molecule has 1 fully saturated rings. The van der Waals surface area contributed by atoms with E-state index in [1.807, 2.05) is 0 Å². The predicted molar refractivity (Wildman–Crippen MR) is 74.0 cm³/mol. The molecule has 1 aliphatic heterocycles. The maximum Gasteiger partial charge on any atom is 0.246 e. The molecule has 2 rings (SSSR count). The Morgan fingerprint density at radius 2 is 2.00 bits per heavy atom. The summed E-state index contributed by atoms with van der Waals surface area (Å²) >= 11 is 3.25. The van der Waals surface area contributed by atoms with Crippen molar-refractivity contribution in [3.63, 3.8) is 0 Å². The molecule has 0 spiro atoms. The minimum atomic E-state index is -0.374. The van der Waals surface area contributed by atoms with Gasteiger partial charge in [-0.3, -0.25) is 9.59 Å². The van der Waals surface area contributed by atoms with Crippen molar-refractivity contribution in [2.24, 2.45) is 0 Å². The summed E-state index contributed by atoms with van der Waals surface area (Å²) in [5.41, 5.74) is 0.357. The number of halogens is 2. The molecule has 0 aromatic heterocycles. The lowest BCUT2D eigenvalue weighted by atomic mass is 10.1. The van der Waals surface area contributed by atoms with Crippen LogP contribution >= 0.6 is 15.9 Å². The molecule has 5 heteroatoms. The maximum absolute atomic E-state index is 13.5. The Hall–Kier alpha value is -1.49. The van der Waals surface area contributed by atoms with Gasteiger partial charge in [-0.15, -0.1) is 0 Å². The van der Waals surface area contributed by atoms with Crippen LogP contribution in [0.1, 0.15) is 18.4 Å². The van der Waals surface area contributed by atoms with Crippen molar-refractivity contribution in [2.45, 2.75) is 12.8 Å². The highest BCUT2D eigenvalue weighted by atomic mass is 79.9. The van der Waals surface area contributed by atoms with E-state index >= 15 is 0 Å². The standard InChI is InChI=1S/C14H13BrFNO2/c15-11-2-3-13(16)10(9-11)1-4-14(19)17-7-5-12(18)6-8-17/h1-4,9H,5-8H2. The number of Topliss-reactive ketones (excluding diaryl/α,β-unsaturated/α-hetero) is 1. The zero-order valence-electron chi connectivity index (χ0n) is 10.2. The Kier molecular flexibility index (Phi) is 4.47. The van der Waals surface area contributed by atoms with Crippen LogP contribution in [0.25, 0.3) is 6.08 Å². The van der Waals surface area contributed by atoms with E-state index in [2.05, 4.69) is 15.9 Å². The average molecular weight is 326 g/mol. The van der Waals surface area contributed by atoms with Crippen LogP contribution in [-0.4, -0.2) is 29.7 Å². The lowest BCUT2D eigenvalue weighted by molar-refractivity contribution is -0.130. The third kappa shape index (κ3) is 3.73. The monoisotopic (exact) mass is 325 g/mol. The number of amides is 1. The lowest BCUT2D eigenvalue weighted by Crippen LogP contribution is -2.37. The third-order valence-corrected chi connectivity index (χ3v) is 3.49. The van der Waals surface area contributed by atoms with Crippen LogP contribution in [0.3, 0.4) is 0 Å². The van der Waals surface area contributed by atoms with E-state index in [0.717, 1.165) is 4.47 Å². The van der Waals surface area contributed by atoms with E-state index in [0.29, 0.717) is 31.5 Å². The van der Waals surface area contributed by atoms with E-state index in [1.54, 1.807) is 17.0 Å². The van der Waals surface area contributed by atoms with E-state index in [9.17, 15) is 14.0 Å². The maximum atomic E-state index is 13.5. The Morgan fingerprint density at radius 1 is 1.32 bits per heavy atom. The fraction of sp³-hybridized carbons (Fsp3) is 0.286. The van der Waals surface area contributed by atoms with Gasteiger partial charge in [0.15, 0.2) is 0 Å². The van der Waals surface area contributed by atoms with Crippen LogP contribution in [0.4, 0.5) is 4.39 Å². The molecule has 1 aliphatic rings. The first-order valence-electron chi connectivity index (χ1n) is 6.00. The van der Waals surface area contributed by atoms with Crippen LogP contribution in [-0.2, 0) is 9.59 Å². The second-order valence-corrected chi connectivity index (χ2v) is 5.28. The van der Waals surface area contributed by atoms with Gasteiger partial charge in [0.2, 0.25) is 5.91 Å². The molecule has 0 bridgehead atoms. The third-order valence-electron chi connectivity index (χ3n) is 3.00. The summed E-state index contributed by atoms with van der Waals surface area (Å²) in [6, 6.07) is 4.55. The number of nitrogens with zero attached hydrogens (tertiary/aromatic N) is 1. The molecule has 0 N–H and O–H groups in total. The zero-order valence-corrected chi connectivity index (χ0v) is 11.8. The van der Waals surface area contributed by atoms with Gasteiger partial charge in [0.05, 0.1) is 0 Å². The molecule has 1 aromatic carbocycles. The van der Waals surface area contributed by atoms with Gasteiger partial charge in [-0.1, -0.05) is 15.9 Å². The molecule has 0 aliphatic carbocycles. The summed E-state index contributed by atoms with van der Waals surface area (Å²) in [7, 11) is 0. The number of carbonyl (C=O) groups excluding carboxylic acids is 2. The summed E-state index contributed by atoms with van der Waals surface area (Å²) in [5, 5.41) is 0. The van der Waals surface area contributed by atoms with Crippen LogP contribution in [0.5, 0.6) is 0 Å². The molecule has 1 aromatic rings. The molecule has 100 valence electrons. The molecule has 1 heterocycles. The number of rotatable bonds is 2. The summed E-state index contributed by atoms with van der Waals surface area (Å²) < 4.78 is 14.2. The normalized spacial score (nSPS) is 16.1. The van der Waals surface area contributed by atoms with Crippen LogP contribution in [0.2, 0.25) is 0 Å². The first-order valence-corrected chi connectivity index (χ1v) is 6.79. The number of hydrogen-bond donors (Lipinski definition) is 0. The number of carbonyl (C=O) groups is 2. The summed E-state index contributed by atoms with van der Waals surface area (Å²) in [4.78, 5) is 24.6. The van der Waals surface area contributed by atoms with Crippen molar-refractivity contribution < 1.29 is 14.0 Å². The number of hydrogen-bond acceptors (Lipinski definition) is 2. The number of ketones is 1. The largest absolute Gasteiger partial charge is 0.338 e. The first-order chi connectivity index (χ1) is 9.06. The average Bonchev–Trinajstić information content (AvgIpc) is 2.40. The molecule has 0 unspecified atom stereocenters. The van der Waals surface area contributed by atoms with E-state index in [1.165, 1.54) is 18.2 Å². The molecule has 1 saturated heterocycles. The summed E-state index contributed by atoms with van der Waals surface area (Å²) in [6.45, 7) is 0.895. The van der Waals surface area contributed by atoms with Gasteiger partial charge >= 0.3 is 0 Å². The summed E-state index contributed by atoms with van der Waals surface area (Å²) in [5.74, 6) is -0.376. The van der Waals surface area contributed by atoms with Crippen molar-refractivity contribution in [2.75, 3.05) is 13.1 Å². The first kappa shape index (κ1) is 13.9. The predicted octanol–water partition coefficient (Wildman–Crippen LogP) is 2.79. The van der Waals surface area contributed by atoms with Crippen LogP contribution < -0.4 is 0 Å². The minimum absolute atomic E-state index is 0.186. The van der Waals surface area contributed by atoms with Crippen molar-refractivity contribution in [3.05, 3.63) is 40.1 Å². The van der Waals surface area contributed by atoms with Gasteiger partial charge in [-0.25, -0.2) is 4.39 Å². The van der Waals surface area contributed by atoms with E-state index in [-0.39, 0.29) is 17.5 Å². The fourth-order valence-corrected chi connectivity index (χ4v) is 2.26. The molecule has 3 nitrogen and oxygen atoms in total. The fourth-order valence-electron chi connectivity index (χ4n) is 1.89. The Bertz CT molecular complexity index is 532. The molecule has 1 amide bonds. The van der Waals surface area contributed by atoms with Gasteiger partial charge in [0.25, 0.3) is 0 Å². The lowest BCUT2D eigenvalue weighted by Gasteiger charge is -2.24. The van der Waals surface area contributed by atoms with Gasteiger partial charge in [-0.2, -0.15) is 0 Å². The highest BCUT2D eigenvalue weighted by molar-refractivity contribution is 9.10. The van der Waals surface area contributed by atoms with Gasteiger partial charge < -0.3 is 4.90 Å². The van der Waals surface area contributed by atoms with E-state index < -0.39 is 0 Å². The summed E-state index contributed by atoms with van der Waals surface area (Å²) in [6.07, 6.45) is 3.62. The molecular weight excluding hydrogens is 313 g/mol.